The maximum atomic E-state index is 5.12. The lowest BCUT2D eigenvalue weighted by Crippen LogP contribution is -2.10. The molecule has 0 aliphatic heterocycles. The van der Waals surface area contributed by atoms with Crippen LogP contribution in [0.2, 0.25) is 0 Å². The standard InChI is InChI=1S/C28H13N/c1-5-7-9-11-13-15-17-19-23-29(28-22-21-26(3)25-27(28)4)24-20-18-16-14-12-10-8-6-2/h1-2,5-6,21-22,25H,3-4H3/q+2. The summed E-state index contributed by atoms with van der Waals surface area (Å²) in [5, 5.41) is 0. The van der Waals surface area contributed by atoms with Crippen molar-refractivity contribution in [2.45, 2.75) is 13.8 Å². The molecule has 0 spiro atoms. The number of rotatable bonds is 1. The van der Waals surface area contributed by atoms with Gasteiger partial charge in [-0.1, -0.05) is 17.7 Å². The van der Waals surface area contributed by atoms with E-state index in [1.165, 1.54) is 12.2 Å². The van der Waals surface area contributed by atoms with E-state index in [1.54, 1.807) is 4.90 Å². The Bertz CT molecular complexity index is 1210. The number of hydrogen-bond donors (Lipinski definition) is 0. The molecule has 0 fully saturated rings. The molecule has 29 heavy (non-hydrogen) atoms. The van der Waals surface area contributed by atoms with Gasteiger partial charge in [-0.25, -0.2) is 4.90 Å². The minimum atomic E-state index is 0.838. The zero-order valence-corrected chi connectivity index (χ0v) is 16.0. The van der Waals surface area contributed by atoms with Gasteiger partial charge in [-0.15, -0.1) is 0 Å². The van der Waals surface area contributed by atoms with Crippen LogP contribution in [-0.4, -0.2) is 0 Å². The Balaban J connectivity index is 3.12. The molecule has 0 aromatic heterocycles. The van der Waals surface area contributed by atoms with Crippen molar-refractivity contribution < 1.29 is 0 Å². The summed E-state index contributed by atoms with van der Waals surface area (Å²) in [5.41, 5.74) is 3.00. The van der Waals surface area contributed by atoms with Gasteiger partial charge >= 0.3 is 0 Å². The van der Waals surface area contributed by atoms with Crippen LogP contribution in [0, 0.1) is 122 Å². The number of aryl methyl sites for hydroxylation is 2. The van der Waals surface area contributed by atoms with E-state index in [1.807, 2.05) is 32.0 Å². The van der Waals surface area contributed by atoms with E-state index in [-0.39, 0.29) is 0 Å². The molecule has 1 aromatic carbocycles. The highest BCUT2D eigenvalue weighted by molar-refractivity contribution is 5.64. The summed E-state index contributed by atoms with van der Waals surface area (Å²) in [6.07, 6.45) is 2.42. The van der Waals surface area contributed by atoms with E-state index in [2.05, 4.69) is 95.0 Å². The van der Waals surface area contributed by atoms with Crippen molar-refractivity contribution in [2.24, 2.45) is 0 Å². The third-order valence-electron chi connectivity index (χ3n) is 2.86. The van der Waals surface area contributed by atoms with Gasteiger partial charge in [-0.3, -0.25) is 0 Å². The molecular weight excluding hydrogens is 350 g/mol. The van der Waals surface area contributed by atoms with E-state index in [0.717, 1.165) is 16.8 Å². The normalized spacial score (nSPS) is 6.34. The average Bonchev–Trinajstić information content (AvgIpc) is 2.71. The summed E-state index contributed by atoms with van der Waals surface area (Å²) in [4.78, 5) is 1.56. The summed E-state index contributed by atoms with van der Waals surface area (Å²) in [6, 6.07) is 11.7. The Labute approximate surface area is 174 Å². The van der Waals surface area contributed by atoms with Gasteiger partial charge in [0.2, 0.25) is 12.2 Å². The molecule has 0 radical (unpaired) electrons. The van der Waals surface area contributed by atoms with Crippen molar-refractivity contribution in [3.63, 3.8) is 0 Å². The topological polar surface area (TPSA) is 3.24 Å². The fraction of sp³-hybridized carbons (Fsp3) is 0.0714. The molecule has 1 nitrogen and oxygen atoms in total. The Morgan fingerprint density at radius 3 is 1.55 bits per heavy atom. The third-order valence-corrected chi connectivity index (χ3v) is 2.86. The Morgan fingerprint density at radius 2 is 1.10 bits per heavy atom. The molecule has 0 aliphatic carbocycles. The molecule has 1 aromatic rings. The van der Waals surface area contributed by atoms with E-state index in [9.17, 15) is 0 Å². The number of nitrogens with zero attached hydrogens (tertiary/aromatic N) is 1. The molecule has 0 atom stereocenters. The van der Waals surface area contributed by atoms with E-state index in [0.29, 0.717) is 0 Å². The molecule has 1 rings (SSSR count). The minimum Gasteiger partial charge on any atom is -0.226 e. The van der Waals surface area contributed by atoms with E-state index in [4.69, 9.17) is 13.2 Å². The predicted molar refractivity (Wildman–Crippen MR) is 118 cm³/mol. The van der Waals surface area contributed by atoms with Gasteiger partial charge in [0.1, 0.15) is 11.8 Å². The summed E-state index contributed by atoms with van der Waals surface area (Å²) in [5.74, 6) is 36.1. The van der Waals surface area contributed by atoms with Crippen LogP contribution in [0.1, 0.15) is 11.1 Å². The first-order valence-electron chi connectivity index (χ1n) is 8.15. The van der Waals surface area contributed by atoms with Crippen molar-refractivity contribution in [2.75, 3.05) is 4.90 Å². The van der Waals surface area contributed by atoms with Gasteiger partial charge in [-0.2, -0.15) is 0 Å². The van der Waals surface area contributed by atoms with Gasteiger partial charge < -0.3 is 0 Å². The maximum absolute atomic E-state index is 5.12. The number of anilines is 1. The summed E-state index contributed by atoms with van der Waals surface area (Å²) in [6.45, 7) is 14.2. The predicted octanol–water partition coefficient (Wildman–Crippen LogP) is 3.03. The highest BCUT2D eigenvalue weighted by Gasteiger charge is 2.04. The first-order valence-corrected chi connectivity index (χ1v) is 8.15. The van der Waals surface area contributed by atoms with Crippen molar-refractivity contribution in [1.29, 1.82) is 0 Å². The Hall–Kier alpha value is -5.20. The van der Waals surface area contributed by atoms with E-state index < -0.39 is 0 Å². The number of benzene rings is 1. The first-order chi connectivity index (χ1) is 14.2. The quantitative estimate of drug-likeness (QED) is 0.421. The molecule has 0 saturated carbocycles. The van der Waals surface area contributed by atoms with Crippen LogP contribution < -0.4 is 4.90 Å². The SMILES string of the molecule is [CH+]=CC#CC#CC#CC#CN(C#CC#CC#CC#CC=[CH+])c1ccc(C)cc1C. The molecule has 0 bridgehead atoms. The fourth-order valence-corrected chi connectivity index (χ4v) is 1.78. The summed E-state index contributed by atoms with van der Waals surface area (Å²) >= 11 is 0. The van der Waals surface area contributed by atoms with Crippen LogP contribution in [0.4, 0.5) is 5.69 Å². The van der Waals surface area contributed by atoms with Crippen molar-refractivity contribution in [3.05, 3.63) is 54.6 Å². The van der Waals surface area contributed by atoms with Gasteiger partial charge in [0.05, 0.1) is 18.8 Å². The lowest BCUT2D eigenvalue weighted by Gasteiger charge is -2.12. The second-order valence-corrected chi connectivity index (χ2v) is 4.97. The molecule has 0 saturated heterocycles. The van der Waals surface area contributed by atoms with Crippen LogP contribution in [0.5, 0.6) is 0 Å². The van der Waals surface area contributed by atoms with Crippen molar-refractivity contribution >= 4 is 5.69 Å². The van der Waals surface area contributed by atoms with Crippen molar-refractivity contribution in [3.8, 4) is 95.0 Å². The largest absolute Gasteiger partial charge is 0.226 e. The molecule has 128 valence electrons. The van der Waals surface area contributed by atoms with Gasteiger partial charge in [0, 0.05) is 71.3 Å². The lowest BCUT2D eigenvalue weighted by molar-refractivity contribution is 1.30. The number of allylic oxidation sites excluding steroid dienone is 2. The van der Waals surface area contributed by atoms with Crippen LogP contribution in [0.25, 0.3) is 0 Å². The first kappa shape index (κ1) is 21.8. The zero-order chi connectivity index (χ0) is 21.2. The highest BCUT2D eigenvalue weighted by atomic mass is 15.1. The minimum absolute atomic E-state index is 0.838. The maximum Gasteiger partial charge on any atom is 0.222 e. The molecule has 0 heterocycles. The van der Waals surface area contributed by atoms with Crippen molar-refractivity contribution in [1.82, 2.24) is 0 Å². The van der Waals surface area contributed by atoms with E-state index >= 15 is 0 Å². The summed E-state index contributed by atoms with van der Waals surface area (Å²) < 4.78 is 0. The summed E-state index contributed by atoms with van der Waals surface area (Å²) in [7, 11) is 0. The van der Waals surface area contributed by atoms with Gasteiger partial charge in [-0.05, 0) is 25.5 Å². The second kappa shape index (κ2) is 14.0. The van der Waals surface area contributed by atoms with Crippen LogP contribution in [0.15, 0.2) is 30.4 Å². The molecule has 0 unspecified atom stereocenters. The highest BCUT2D eigenvalue weighted by Crippen LogP contribution is 2.19. The molecule has 0 aliphatic rings. The molecule has 1 heteroatoms. The van der Waals surface area contributed by atoms with Crippen LogP contribution in [0.3, 0.4) is 0 Å². The third kappa shape index (κ3) is 9.75. The van der Waals surface area contributed by atoms with Gasteiger partial charge in [0.15, 0.2) is 11.8 Å². The molecule has 0 amide bonds. The average molecular weight is 363 g/mol. The zero-order valence-electron chi connectivity index (χ0n) is 16.0. The fourth-order valence-electron chi connectivity index (χ4n) is 1.78. The molecule has 0 N–H and O–H groups in total. The Kier molecular flexibility index (Phi) is 10.6. The van der Waals surface area contributed by atoms with Gasteiger partial charge in [0.25, 0.3) is 0 Å². The number of hydrogen-bond acceptors (Lipinski definition) is 1. The smallest absolute Gasteiger partial charge is 0.222 e. The lowest BCUT2D eigenvalue weighted by atomic mass is 10.1. The molecular formula is C28H13N+2. The monoisotopic (exact) mass is 363 g/mol. The Morgan fingerprint density at radius 1 is 0.655 bits per heavy atom. The second-order valence-electron chi connectivity index (χ2n) is 4.97. The van der Waals surface area contributed by atoms with Crippen LogP contribution in [-0.2, 0) is 0 Å². The van der Waals surface area contributed by atoms with Crippen LogP contribution >= 0.6 is 0 Å².